The Morgan fingerprint density at radius 2 is 1.74 bits per heavy atom. The van der Waals surface area contributed by atoms with E-state index in [4.69, 9.17) is 0 Å². The van der Waals surface area contributed by atoms with Crippen LogP contribution in [-0.2, 0) is 11.2 Å². The molecular formula is C22H34F2IN5O. The number of hydrogen-bond donors (Lipinski definition) is 1. The standard InChI is InChI=1S/C22H33F2N5O.HI/c1-2-25-22(26-9-8-18-6-7-19(23)16-20(18)24)29-14-12-27(13-15-29)17-21(30)28-10-4-3-5-11-28;/h6-7,16H,2-5,8-15,17H2,1H3,(H,25,26);1H. The maximum atomic E-state index is 13.8. The third-order valence-electron chi connectivity index (χ3n) is 5.73. The largest absolute Gasteiger partial charge is 0.357 e. The number of guanidine groups is 1. The third kappa shape index (κ3) is 7.85. The molecule has 0 saturated carbocycles. The molecule has 31 heavy (non-hydrogen) atoms. The van der Waals surface area contributed by atoms with E-state index in [-0.39, 0.29) is 29.9 Å². The Labute approximate surface area is 201 Å². The number of nitrogens with zero attached hydrogens (tertiary/aromatic N) is 4. The van der Waals surface area contributed by atoms with Gasteiger partial charge in [0.2, 0.25) is 5.91 Å². The van der Waals surface area contributed by atoms with Crippen LogP contribution in [0.15, 0.2) is 23.2 Å². The summed E-state index contributed by atoms with van der Waals surface area (Å²) in [6, 6.07) is 3.66. The SMILES string of the molecule is CCNC(=NCCc1ccc(F)cc1F)N1CCN(CC(=O)N2CCCCC2)CC1.I. The maximum absolute atomic E-state index is 13.8. The van der Waals surface area contributed by atoms with Gasteiger partial charge < -0.3 is 15.1 Å². The Kier molecular flexibility index (Phi) is 10.9. The van der Waals surface area contributed by atoms with Gasteiger partial charge in [-0.25, -0.2) is 8.78 Å². The monoisotopic (exact) mass is 549 g/mol. The molecule has 2 aliphatic heterocycles. The molecule has 0 atom stereocenters. The summed E-state index contributed by atoms with van der Waals surface area (Å²) in [4.78, 5) is 23.5. The normalized spacial score (nSPS) is 18.0. The van der Waals surface area contributed by atoms with Crippen molar-refractivity contribution in [3.8, 4) is 0 Å². The van der Waals surface area contributed by atoms with Gasteiger partial charge in [-0.2, -0.15) is 0 Å². The predicted octanol–water partition coefficient (Wildman–Crippen LogP) is 2.72. The van der Waals surface area contributed by atoms with Gasteiger partial charge in [-0.05, 0) is 44.2 Å². The summed E-state index contributed by atoms with van der Waals surface area (Å²) in [5.74, 6) is -0.0426. The zero-order valence-electron chi connectivity index (χ0n) is 18.3. The molecule has 1 aromatic rings. The molecule has 0 radical (unpaired) electrons. The summed E-state index contributed by atoms with van der Waals surface area (Å²) < 4.78 is 26.9. The number of carbonyl (C=O) groups is 1. The summed E-state index contributed by atoms with van der Waals surface area (Å²) in [6.45, 7) is 8.70. The highest BCUT2D eigenvalue weighted by Crippen LogP contribution is 2.12. The van der Waals surface area contributed by atoms with Crippen LogP contribution in [0.25, 0.3) is 0 Å². The molecular weight excluding hydrogens is 515 g/mol. The van der Waals surface area contributed by atoms with E-state index in [0.717, 1.165) is 70.7 Å². The highest BCUT2D eigenvalue weighted by molar-refractivity contribution is 14.0. The molecule has 6 nitrogen and oxygen atoms in total. The molecule has 2 heterocycles. The van der Waals surface area contributed by atoms with Crippen LogP contribution in [0, 0.1) is 11.6 Å². The quantitative estimate of drug-likeness (QED) is 0.337. The lowest BCUT2D eigenvalue weighted by molar-refractivity contribution is -0.133. The van der Waals surface area contributed by atoms with Gasteiger partial charge in [-0.3, -0.25) is 14.7 Å². The Hall–Kier alpha value is -1.49. The predicted molar refractivity (Wildman–Crippen MR) is 130 cm³/mol. The second-order valence-electron chi connectivity index (χ2n) is 7.93. The number of amides is 1. The fourth-order valence-electron chi connectivity index (χ4n) is 3.98. The van der Waals surface area contributed by atoms with Gasteiger partial charge in [-0.15, -0.1) is 24.0 Å². The zero-order valence-corrected chi connectivity index (χ0v) is 20.6. The van der Waals surface area contributed by atoms with E-state index in [1.54, 1.807) is 0 Å². The van der Waals surface area contributed by atoms with Crippen LogP contribution in [0.1, 0.15) is 31.7 Å². The lowest BCUT2D eigenvalue weighted by Crippen LogP contribution is -2.54. The van der Waals surface area contributed by atoms with Gasteiger partial charge in [0.15, 0.2) is 5.96 Å². The number of likely N-dealkylation sites (tertiary alicyclic amines) is 1. The smallest absolute Gasteiger partial charge is 0.236 e. The molecule has 0 unspecified atom stereocenters. The van der Waals surface area contributed by atoms with Gasteiger partial charge in [0.05, 0.1) is 6.54 Å². The molecule has 0 aliphatic carbocycles. The number of rotatable bonds is 6. The van der Waals surface area contributed by atoms with Crippen LogP contribution in [0.2, 0.25) is 0 Å². The average molecular weight is 549 g/mol. The number of hydrogen-bond acceptors (Lipinski definition) is 3. The topological polar surface area (TPSA) is 51.2 Å². The summed E-state index contributed by atoms with van der Waals surface area (Å²) >= 11 is 0. The van der Waals surface area contributed by atoms with E-state index in [1.165, 1.54) is 18.6 Å². The van der Waals surface area contributed by atoms with Crippen LogP contribution < -0.4 is 5.32 Å². The minimum absolute atomic E-state index is 0. The Morgan fingerprint density at radius 3 is 2.39 bits per heavy atom. The molecule has 1 amide bonds. The van der Waals surface area contributed by atoms with Crippen molar-refractivity contribution in [3.05, 3.63) is 35.4 Å². The number of piperazine rings is 1. The lowest BCUT2D eigenvalue weighted by atomic mass is 10.1. The molecule has 0 bridgehead atoms. The second-order valence-corrected chi connectivity index (χ2v) is 7.93. The van der Waals surface area contributed by atoms with E-state index >= 15 is 0 Å². The van der Waals surface area contributed by atoms with E-state index < -0.39 is 11.6 Å². The van der Waals surface area contributed by atoms with Crippen molar-refractivity contribution in [1.29, 1.82) is 0 Å². The van der Waals surface area contributed by atoms with Crippen molar-refractivity contribution in [2.45, 2.75) is 32.6 Å². The van der Waals surface area contributed by atoms with Crippen molar-refractivity contribution in [2.24, 2.45) is 4.99 Å². The summed E-state index contributed by atoms with van der Waals surface area (Å²) in [5.41, 5.74) is 0.469. The van der Waals surface area contributed by atoms with Crippen molar-refractivity contribution >= 4 is 35.8 Å². The molecule has 2 aliphatic rings. The first-order valence-corrected chi connectivity index (χ1v) is 11.0. The van der Waals surface area contributed by atoms with Crippen LogP contribution in [0.3, 0.4) is 0 Å². The van der Waals surface area contributed by atoms with Gasteiger partial charge in [0.1, 0.15) is 11.6 Å². The van der Waals surface area contributed by atoms with Gasteiger partial charge >= 0.3 is 0 Å². The van der Waals surface area contributed by atoms with Crippen LogP contribution in [-0.4, -0.2) is 85.5 Å². The highest BCUT2D eigenvalue weighted by Gasteiger charge is 2.24. The first kappa shape index (κ1) is 25.8. The molecule has 0 aromatic heterocycles. The molecule has 3 rings (SSSR count). The van der Waals surface area contributed by atoms with E-state index in [0.29, 0.717) is 25.1 Å². The van der Waals surface area contributed by atoms with Crippen molar-refractivity contribution in [3.63, 3.8) is 0 Å². The number of halogens is 3. The third-order valence-corrected chi connectivity index (χ3v) is 5.73. The van der Waals surface area contributed by atoms with Crippen LogP contribution >= 0.6 is 24.0 Å². The molecule has 9 heteroatoms. The Morgan fingerprint density at radius 1 is 1.03 bits per heavy atom. The first-order valence-electron chi connectivity index (χ1n) is 11.0. The minimum Gasteiger partial charge on any atom is -0.357 e. The van der Waals surface area contributed by atoms with E-state index in [2.05, 4.69) is 20.1 Å². The zero-order chi connectivity index (χ0) is 21.3. The van der Waals surface area contributed by atoms with E-state index in [1.807, 2.05) is 11.8 Å². The first-order chi connectivity index (χ1) is 14.6. The minimum atomic E-state index is -0.565. The molecule has 0 spiro atoms. The fraction of sp³-hybridized carbons (Fsp3) is 0.636. The second kappa shape index (κ2) is 13.1. The highest BCUT2D eigenvalue weighted by atomic mass is 127. The number of nitrogens with one attached hydrogen (secondary N) is 1. The van der Waals surface area contributed by atoms with Gasteiger partial charge in [0, 0.05) is 58.4 Å². The molecule has 2 fully saturated rings. The van der Waals surface area contributed by atoms with Gasteiger partial charge in [0.25, 0.3) is 0 Å². The van der Waals surface area contributed by atoms with Crippen LogP contribution in [0.4, 0.5) is 8.78 Å². The van der Waals surface area contributed by atoms with Gasteiger partial charge in [-0.1, -0.05) is 6.07 Å². The number of piperidine rings is 1. The molecule has 174 valence electrons. The summed E-state index contributed by atoms with van der Waals surface area (Å²) in [5, 5.41) is 3.30. The molecule has 2 saturated heterocycles. The lowest BCUT2D eigenvalue weighted by Gasteiger charge is -2.37. The summed E-state index contributed by atoms with van der Waals surface area (Å²) in [6.07, 6.45) is 3.88. The van der Waals surface area contributed by atoms with Crippen molar-refractivity contribution in [2.75, 3.05) is 58.9 Å². The number of benzene rings is 1. The van der Waals surface area contributed by atoms with Crippen molar-refractivity contribution < 1.29 is 13.6 Å². The number of carbonyl (C=O) groups excluding carboxylic acids is 1. The maximum Gasteiger partial charge on any atom is 0.236 e. The van der Waals surface area contributed by atoms with Crippen LogP contribution in [0.5, 0.6) is 0 Å². The molecule has 1 N–H and O–H groups in total. The van der Waals surface area contributed by atoms with E-state index in [9.17, 15) is 13.6 Å². The molecule has 1 aromatic carbocycles. The fourth-order valence-corrected chi connectivity index (χ4v) is 3.98. The average Bonchev–Trinajstić information content (AvgIpc) is 2.76. The Bertz CT molecular complexity index is 735. The summed E-state index contributed by atoms with van der Waals surface area (Å²) in [7, 11) is 0. The number of aliphatic imine (C=N–C) groups is 1. The van der Waals surface area contributed by atoms with Crippen molar-refractivity contribution in [1.82, 2.24) is 20.0 Å². The Balaban J connectivity index is 0.00000341.